The summed E-state index contributed by atoms with van der Waals surface area (Å²) in [7, 11) is 0. The van der Waals surface area contributed by atoms with Crippen molar-refractivity contribution in [3.63, 3.8) is 0 Å². The molecule has 0 aromatic rings. The number of carbonyl (C=O) groups is 1. The molecular formula is C9H16N2O2S. The zero-order valence-electron chi connectivity index (χ0n) is 8.79. The fraction of sp³-hybridized carbons (Fsp3) is 0.778. The molecule has 0 radical (unpaired) electrons. The number of carbonyl (C=O) groups excluding carboxylic acids is 1. The lowest BCUT2D eigenvalue weighted by atomic mass is 10.2. The van der Waals surface area contributed by atoms with Crippen LogP contribution in [0.2, 0.25) is 0 Å². The van der Waals surface area contributed by atoms with Crippen molar-refractivity contribution >= 4 is 22.9 Å². The first-order valence-electron chi connectivity index (χ1n) is 4.60. The van der Waals surface area contributed by atoms with E-state index in [0.29, 0.717) is 6.54 Å². The Morgan fingerprint density at radius 2 is 2.36 bits per heavy atom. The topological polar surface area (TPSA) is 50.7 Å². The van der Waals surface area contributed by atoms with Crippen LogP contribution in [-0.2, 0) is 4.74 Å². The Kier molecular flexibility index (Phi) is 3.80. The van der Waals surface area contributed by atoms with Crippen molar-refractivity contribution in [2.24, 2.45) is 4.99 Å². The van der Waals surface area contributed by atoms with Crippen LogP contribution in [-0.4, -0.2) is 35.6 Å². The Morgan fingerprint density at radius 3 is 2.86 bits per heavy atom. The average Bonchev–Trinajstić information content (AvgIpc) is 2.49. The highest BCUT2D eigenvalue weighted by Gasteiger charge is 2.16. The van der Waals surface area contributed by atoms with Gasteiger partial charge in [0.1, 0.15) is 5.60 Å². The van der Waals surface area contributed by atoms with Crippen molar-refractivity contribution in [1.29, 1.82) is 0 Å². The summed E-state index contributed by atoms with van der Waals surface area (Å²) in [5.41, 5.74) is -0.436. The van der Waals surface area contributed by atoms with Crippen molar-refractivity contribution in [3.8, 4) is 0 Å². The van der Waals surface area contributed by atoms with Crippen molar-refractivity contribution in [2.75, 3.05) is 18.8 Å². The molecule has 0 atom stereocenters. The number of aliphatic imine (C=N–C) groups is 1. The minimum atomic E-state index is -0.436. The van der Waals surface area contributed by atoms with Crippen LogP contribution in [0.25, 0.3) is 0 Å². The largest absolute Gasteiger partial charge is 0.444 e. The summed E-state index contributed by atoms with van der Waals surface area (Å²) >= 11 is 1.68. The molecule has 1 heterocycles. The van der Waals surface area contributed by atoms with Gasteiger partial charge in [-0.1, -0.05) is 0 Å². The van der Waals surface area contributed by atoms with Gasteiger partial charge in [0.15, 0.2) is 0 Å². The molecule has 1 N–H and O–H groups in total. The molecule has 4 nitrogen and oxygen atoms in total. The zero-order valence-corrected chi connectivity index (χ0v) is 9.61. The van der Waals surface area contributed by atoms with Gasteiger partial charge in [-0.3, -0.25) is 4.99 Å². The van der Waals surface area contributed by atoms with E-state index < -0.39 is 5.60 Å². The second-order valence-electron chi connectivity index (χ2n) is 3.98. The lowest BCUT2D eigenvalue weighted by molar-refractivity contribution is 0.0536. The summed E-state index contributed by atoms with van der Waals surface area (Å²) in [5.74, 6) is 1.02. The number of alkyl carbamates (subject to hydrolysis) is 1. The van der Waals surface area contributed by atoms with Crippen LogP contribution in [0.5, 0.6) is 0 Å². The van der Waals surface area contributed by atoms with E-state index in [1.54, 1.807) is 11.8 Å². The first kappa shape index (κ1) is 11.4. The molecule has 0 bridgehead atoms. The van der Waals surface area contributed by atoms with Gasteiger partial charge in [-0.2, -0.15) is 0 Å². The Hall–Kier alpha value is -0.710. The van der Waals surface area contributed by atoms with E-state index in [9.17, 15) is 4.79 Å². The molecule has 0 spiro atoms. The third kappa shape index (κ3) is 4.50. The van der Waals surface area contributed by atoms with Crippen LogP contribution >= 0.6 is 11.8 Å². The highest BCUT2D eigenvalue weighted by molar-refractivity contribution is 8.14. The van der Waals surface area contributed by atoms with Crippen molar-refractivity contribution in [3.05, 3.63) is 0 Å². The van der Waals surface area contributed by atoms with Crippen LogP contribution in [0.3, 0.4) is 0 Å². The fourth-order valence-corrected chi connectivity index (χ4v) is 1.72. The van der Waals surface area contributed by atoms with Crippen LogP contribution in [0.1, 0.15) is 20.8 Å². The van der Waals surface area contributed by atoms with Gasteiger partial charge in [0.05, 0.1) is 11.6 Å². The van der Waals surface area contributed by atoms with Crippen molar-refractivity contribution in [2.45, 2.75) is 26.4 Å². The van der Waals surface area contributed by atoms with Crippen LogP contribution in [0.4, 0.5) is 4.79 Å². The third-order valence-corrected chi connectivity index (χ3v) is 2.42. The normalized spacial score (nSPS) is 16.4. The van der Waals surface area contributed by atoms with Gasteiger partial charge in [0.2, 0.25) is 0 Å². The molecule has 0 saturated carbocycles. The van der Waals surface area contributed by atoms with Gasteiger partial charge >= 0.3 is 6.09 Å². The third-order valence-electron chi connectivity index (χ3n) is 1.43. The summed E-state index contributed by atoms with van der Waals surface area (Å²) in [4.78, 5) is 15.4. The molecule has 0 aromatic heterocycles. The second kappa shape index (κ2) is 4.68. The standard InChI is InChI=1S/C9H16N2O2S/c1-9(2,3)13-8(12)11-6-7-10-4-5-14-7/h4-6H2,1-3H3,(H,11,12). The Morgan fingerprint density at radius 1 is 1.64 bits per heavy atom. The molecule has 1 amide bonds. The van der Waals surface area contributed by atoms with Crippen LogP contribution < -0.4 is 5.32 Å². The summed E-state index contributed by atoms with van der Waals surface area (Å²) in [6.07, 6.45) is -0.382. The Bertz CT molecular complexity index is 246. The van der Waals surface area contributed by atoms with Gasteiger partial charge in [-0.15, -0.1) is 11.8 Å². The number of rotatable bonds is 2. The predicted molar refractivity (Wildman–Crippen MR) is 59.0 cm³/mol. The summed E-state index contributed by atoms with van der Waals surface area (Å²) in [5, 5.41) is 3.65. The molecular weight excluding hydrogens is 200 g/mol. The fourth-order valence-electron chi connectivity index (χ4n) is 0.948. The average molecular weight is 216 g/mol. The number of amides is 1. The van der Waals surface area contributed by atoms with Crippen molar-refractivity contribution in [1.82, 2.24) is 5.32 Å². The molecule has 1 aliphatic heterocycles. The Labute approximate surface area is 88.5 Å². The number of hydrogen-bond donors (Lipinski definition) is 1. The highest BCUT2D eigenvalue weighted by atomic mass is 32.2. The highest BCUT2D eigenvalue weighted by Crippen LogP contribution is 2.11. The van der Waals surface area contributed by atoms with E-state index in [1.807, 2.05) is 20.8 Å². The maximum atomic E-state index is 11.2. The number of hydrogen-bond acceptors (Lipinski definition) is 4. The predicted octanol–water partition coefficient (Wildman–Crippen LogP) is 1.66. The molecule has 1 rings (SSSR count). The molecule has 0 unspecified atom stereocenters. The molecule has 1 aliphatic rings. The van der Waals surface area contributed by atoms with E-state index in [0.717, 1.165) is 17.3 Å². The maximum absolute atomic E-state index is 11.2. The quantitative estimate of drug-likeness (QED) is 0.763. The smallest absolute Gasteiger partial charge is 0.407 e. The summed E-state index contributed by atoms with van der Waals surface area (Å²) < 4.78 is 5.08. The lowest BCUT2D eigenvalue weighted by Crippen LogP contribution is -2.34. The van der Waals surface area contributed by atoms with E-state index in [4.69, 9.17) is 4.74 Å². The molecule has 14 heavy (non-hydrogen) atoms. The monoisotopic (exact) mass is 216 g/mol. The first-order valence-corrected chi connectivity index (χ1v) is 5.59. The van der Waals surface area contributed by atoms with E-state index >= 15 is 0 Å². The molecule has 5 heteroatoms. The van der Waals surface area contributed by atoms with E-state index in [1.165, 1.54) is 0 Å². The number of nitrogens with zero attached hydrogens (tertiary/aromatic N) is 1. The van der Waals surface area contributed by atoms with E-state index in [2.05, 4.69) is 10.3 Å². The number of thioether (sulfide) groups is 1. The van der Waals surface area contributed by atoms with Crippen molar-refractivity contribution < 1.29 is 9.53 Å². The molecule has 0 aromatic carbocycles. The SMILES string of the molecule is CC(C)(C)OC(=O)NCC1=NCCS1. The lowest BCUT2D eigenvalue weighted by Gasteiger charge is -2.19. The minimum absolute atomic E-state index is 0.382. The van der Waals surface area contributed by atoms with Crippen LogP contribution in [0, 0.1) is 0 Å². The molecule has 0 saturated heterocycles. The zero-order chi connectivity index (χ0) is 10.6. The van der Waals surface area contributed by atoms with Gasteiger partial charge in [0.25, 0.3) is 0 Å². The van der Waals surface area contributed by atoms with Gasteiger partial charge < -0.3 is 10.1 Å². The molecule has 0 aliphatic carbocycles. The maximum Gasteiger partial charge on any atom is 0.407 e. The second-order valence-corrected chi connectivity index (χ2v) is 5.15. The number of ether oxygens (including phenoxy) is 1. The van der Waals surface area contributed by atoms with Gasteiger partial charge in [0, 0.05) is 12.3 Å². The first-order chi connectivity index (χ1) is 6.47. The van der Waals surface area contributed by atoms with E-state index in [-0.39, 0.29) is 6.09 Å². The van der Waals surface area contributed by atoms with Gasteiger partial charge in [-0.05, 0) is 20.8 Å². The minimum Gasteiger partial charge on any atom is -0.444 e. The van der Waals surface area contributed by atoms with Crippen LogP contribution in [0.15, 0.2) is 4.99 Å². The number of nitrogens with one attached hydrogen (secondary N) is 1. The molecule has 80 valence electrons. The Balaban J connectivity index is 2.21. The molecule has 0 fully saturated rings. The summed E-state index contributed by atoms with van der Waals surface area (Å²) in [6, 6.07) is 0. The van der Waals surface area contributed by atoms with Gasteiger partial charge in [-0.25, -0.2) is 4.79 Å². The summed E-state index contributed by atoms with van der Waals surface area (Å²) in [6.45, 7) is 6.87.